The lowest BCUT2D eigenvalue weighted by molar-refractivity contribution is -0.139. The van der Waals surface area contributed by atoms with E-state index in [9.17, 15) is 9.59 Å². The Kier molecular flexibility index (Phi) is 6.38. The highest BCUT2D eigenvalue weighted by molar-refractivity contribution is 5.95. The lowest BCUT2D eigenvalue weighted by atomic mass is 10.1. The summed E-state index contributed by atoms with van der Waals surface area (Å²) in [5.41, 5.74) is 2.31. The van der Waals surface area contributed by atoms with E-state index in [1.54, 1.807) is 30.5 Å². The van der Waals surface area contributed by atoms with Crippen LogP contribution in [0.15, 0.2) is 30.5 Å². The van der Waals surface area contributed by atoms with Crippen LogP contribution >= 0.6 is 0 Å². The highest BCUT2D eigenvalue weighted by Gasteiger charge is 2.17. The van der Waals surface area contributed by atoms with E-state index >= 15 is 0 Å². The predicted molar refractivity (Wildman–Crippen MR) is 97.3 cm³/mol. The Labute approximate surface area is 153 Å². The van der Waals surface area contributed by atoms with E-state index in [-0.39, 0.29) is 18.6 Å². The van der Waals surface area contributed by atoms with Crippen molar-refractivity contribution < 1.29 is 19.4 Å². The van der Waals surface area contributed by atoms with Crippen molar-refractivity contribution in [1.29, 1.82) is 0 Å². The number of hydrogen-bond acceptors (Lipinski definition) is 4. The molecule has 0 spiro atoms. The van der Waals surface area contributed by atoms with Gasteiger partial charge in [-0.1, -0.05) is 26.0 Å². The van der Waals surface area contributed by atoms with Crippen LogP contribution in [-0.2, 0) is 11.3 Å². The lowest BCUT2D eigenvalue weighted by Gasteiger charge is -2.15. The number of aromatic nitrogens is 2. The van der Waals surface area contributed by atoms with Gasteiger partial charge in [0.05, 0.1) is 17.8 Å². The molecule has 0 radical (unpaired) electrons. The minimum absolute atomic E-state index is 0.170. The second-order valence-electron chi connectivity index (χ2n) is 6.67. The van der Waals surface area contributed by atoms with Gasteiger partial charge in [0.25, 0.3) is 5.91 Å². The average molecular weight is 359 g/mol. The van der Waals surface area contributed by atoms with Gasteiger partial charge in [0.2, 0.25) is 0 Å². The first-order chi connectivity index (χ1) is 12.3. The highest BCUT2D eigenvalue weighted by atomic mass is 16.5. The summed E-state index contributed by atoms with van der Waals surface area (Å²) in [4.78, 5) is 23.1. The fourth-order valence-electron chi connectivity index (χ4n) is 2.55. The molecule has 7 heteroatoms. The van der Waals surface area contributed by atoms with Crippen LogP contribution in [0.25, 0.3) is 0 Å². The van der Waals surface area contributed by atoms with Crippen molar-refractivity contribution in [2.75, 3.05) is 6.61 Å². The normalized spacial score (nSPS) is 12.0. The Morgan fingerprint density at radius 3 is 2.46 bits per heavy atom. The Bertz CT molecular complexity index is 766. The molecule has 2 rings (SSSR count). The second-order valence-corrected chi connectivity index (χ2v) is 6.67. The van der Waals surface area contributed by atoms with Gasteiger partial charge < -0.3 is 15.2 Å². The van der Waals surface area contributed by atoms with Crippen molar-refractivity contribution in [3.63, 3.8) is 0 Å². The Balaban J connectivity index is 2.00. The number of nitrogens with zero attached hydrogens (tertiary/aromatic N) is 2. The van der Waals surface area contributed by atoms with Crippen LogP contribution in [0, 0.1) is 12.8 Å². The van der Waals surface area contributed by atoms with Crippen molar-refractivity contribution in [1.82, 2.24) is 15.1 Å². The molecule has 0 aliphatic heterocycles. The zero-order valence-electron chi connectivity index (χ0n) is 15.5. The number of hydrogen-bond donors (Lipinski definition) is 2. The summed E-state index contributed by atoms with van der Waals surface area (Å²) in [6, 6.07) is 6.78. The first-order valence-electron chi connectivity index (χ1n) is 8.55. The molecule has 1 amide bonds. The fraction of sp³-hybridized carbons (Fsp3) is 0.421. The summed E-state index contributed by atoms with van der Waals surface area (Å²) in [6.45, 7) is 8.37. The van der Waals surface area contributed by atoms with Crippen LogP contribution in [0.5, 0.6) is 5.75 Å². The van der Waals surface area contributed by atoms with Crippen molar-refractivity contribution in [3.8, 4) is 5.75 Å². The molecule has 140 valence electrons. The Hall–Kier alpha value is -2.83. The third-order valence-corrected chi connectivity index (χ3v) is 3.98. The van der Waals surface area contributed by atoms with E-state index in [0.29, 0.717) is 17.2 Å². The van der Waals surface area contributed by atoms with Crippen molar-refractivity contribution in [2.24, 2.45) is 5.92 Å². The quantitative estimate of drug-likeness (QED) is 0.756. The van der Waals surface area contributed by atoms with Crippen molar-refractivity contribution in [3.05, 3.63) is 47.3 Å². The molecule has 26 heavy (non-hydrogen) atoms. The van der Waals surface area contributed by atoms with Crippen molar-refractivity contribution in [2.45, 2.75) is 40.3 Å². The maximum absolute atomic E-state index is 12.5. The molecular formula is C19H25N3O4. The average Bonchev–Trinajstić information content (AvgIpc) is 2.93. The molecule has 0 fully saturated rings. The maximum Gasteiger partial charge on any atom is 0.341 e. The molecule has 1 heterocycles. The summed E-state index contributed by atoms with van der Waals surface area (Å²) in [5, 5.41) is 15.9. The zero-order valence-corrected chi connectivity index (χ0v) is 15.5. The number of carboxylic acids is 1. The number of aliphatic carboxylic acids is 1. The van der Waals surface area contributed by atoms with E-state index in [1.807, 2.05) is 18.5 Å². The van der Waals surface area contributed by atoms with Gasteiger partial charge in [-0.05, 0) is 37.5 Å². The minimum Gasteiger partial charge on any atom is -0.482 e. The van der Waals surface area contributed by atoms with Gasteiger partial charge in [0.1, 0.15) is 5.75 Å². The van der Waals surface area contributed by atoms with Crippen LogP contribution in [0.4, 0.5) is 0 Å². The standard InChI is InChI=1S/C19H25N3O4/c1-12(2)10-22-14(4)17(9-20-22)19(25)21-13(3)15-5-7-16(8-6-15)26-11-18(23)24/h5-9,12-13H,10-11H2,1-4H3,(H,21,25)(H,23,24). The molecule has 0 aliphatic rings. The lowest BCUT2D eigenvalue weighted by Crippen LogP contribution is -2.27. The first kappa shape index (κ1) is 19.5. The van der Waals surface area contributed by atoms with Gasteiger partial charge in [0.15, 0.2) is 6.61 Å². The number of rotatable bonds is 8. The predicted octanol–water partition coefficient (Wildman–Crippen LogP) is 2.80. The molecule has 1 atom stereocenters. The molecule has 1 aromatic carbocycles. The number of carboxylic acid groups (broad SMARTS) is 1. The van der Waals surface area contributed by atoms with Crippen LogP contribution in [0.2, 0.25) is 0 Å². The second kappa shape index (κ2) is 8.51. The first-order valence-corrected chi connectivity index (χ1v) is 8.55. The van der Waals surface area contributed by atoms with Crippen LogP contribution in [0.1, 0.15) is 48.4 Å². The molecule has 1 aromatic heterocycles. The minimum atomic E-state index is -1.02. The smallest absolute Gasteiger partial charge is 0.341 e. The molecule has 0 aliphatic carbocycles. The molecule has 7 nitrogen and oxygen atoms in total. The van der Waals surface area contributed by atoms with E-state index < -0.39 is 5.97 Å². The monoisotopic (exact) mass is 359 g/mol. The largest absolute Gasteiger partial charge is 0.482 e. The Morgan fingerprint density at radius 1 is 1.23 bits per heavy atom. The fourth-order valence-corrected chi connectivity index (χ4v) is 2.55. The molecule has 0 saturated carbocycles. The molecule has 2 aromatic rings. The number of carbonyl (C=O) groups is 2. The zero-order chi connectivity index (χ0) is 19.3. The molecule has 2 N–H and O–H groups in total. The van der Waals surface area contributed by atoms with Gasteiger partial charge >= 0.3 is 5.97 Å². The topological polar surface area (TPSA) is 93.4 Å². The van der Waals surface area contributed by atoms with Gasteiger partial charge in [-0.15, -0.1) is 0 Å². The number of benzene rings is 1. The maximum atomic E-state index is 12.5. The highest BCUT2D eigenvalue weighted by Crippen LogP contribution is 2.19. The number of nitrogens with one attached hydrogen (secondary N) is 1. The summed E-state index contributed by atoms with van der Waals surface area (Å²) in [6.07, 6.45) is 1.60. The van der Waals surface area contributed by atoms with Crippen molar-refractivity contribution >= 4 is 11.9 Å². The molecule has 1 unspecified atom stereocenters. The third kappa shape index (κ3) is 5.08. The summed E-state index contributed by atoms with van der Waals surface area (Å²) in [7, 11) is 0. The third-order valence-electron chi connectivity index (χ3n) is 3.98. The van der Waals surface area contributed by atoms with Crippen LogP contribution in [-0.4, -0.2) is 33.4 Å². The Morgan fingerprint density at radius 2 is 1.88 bits per heavy atom. The SMILES string of the molecule is Cc1c(C(=O)NC(C)c2ccc(OCC(=O)O)cc2)cnn1CC(C)C. The van der Waals surface area contributed by atoms with Gasteiger partial charge in [-0.3, -0.25) is 9.48 Å². The summed E-state index contributed by atoms with van der Waals surface area (Å²) < 4.78 is 6.95. The number of amides is 1. The number of carbonyl (C=O) groups excluding carboxylic acids is 1. The summed E-state index contributed by atoms with van der Waals surface area (Å²) in [5.74, 6) is -0.273. The van der Waals surface area contributed by atoms with E-state index in [1.165, 1.54) is 0 Å². The van der Waals surface area contributed by atoms with Crippen LogP contribution in [0.3, 0.4) is 0 Å². The van der Waals surface area contributed by atoms with E-state index in [4.69, 9.17) is 9.84 Å². The molecule has 0 bridgehead atoms. The van der Waals surface area contributed by atoms with Gasteiger partial charge in [0, 0.05) is 12.2 Å². The molecule has 0 saturated heterocycles. The van der Waals surface area contributed by atoms with Gasteiger partial charge in [-0.25, -0.2) is 4.79 Å². The van der Waals surface area contributed by atoms with Gasteiger partial charge in [-0.2, -0.15) is 5.10 Å². The molecular weight excluding hydrogens is 334 g/mol. The van der Waals surface area contributed by atoms with Crippen LogP contribution < -0.4 is 10.1 Å². The van der Waals surface area contributed by atoms with E-state index in [2.05, 4.69) is 24.3 Å². The summed E-state index contributed by atoms with van der Waals surface area (Å²) >= 11 is 0. The van der Waals surface area contributed by atoms with E-state index in [0.717, 1.165) is 17.8 Å². The number of ether oxygens (including phenoxy) is 1.